The average Bonchev–Trinajstić information content (AvgIpc) is 3.25. The van der Waals surface area contributed by atoms with Crippen LogP contribution in [0.3, 0.4) is 0 Å². The molecule has 7 heteroatoms. The van der Waals surface area contributed by atoms with Crippen molar-refractivity contribution >= 4 is 39.7 Å². The monoisotopic (exact) mass is 412 g/mol. The second-order valence-electron chi connectivity index (χ2n) is 8.25. The number of pyridine rings is 1. The van der Waals surface area contributed by atoms with Crippen molar-refractivity contribution in [2.75, 3.05) is 69.6 Å². The van der Waals surface area contributed by atoms with Gasteiger partial charge in [-0.2, -0.15) is 0 Å². The standard InChI is InChI=1S/C22H32N6S/c1-17-15-21(28-8-3-4-9-28)25-20-6-5-18(16-19(17)20)24-22(29)23-7-10-27-13-11-26(2)12-14-27/h5-6,15-16H,3-4,7-14H2,1-2H3,(H2,23,24,29). The molecule has 0 radical (unpaired) electrons. The quantitative estimate of drug-likeness (QED) is 0.732. The molecule has 156 valence electrons. The summed E-state index contributed by atoms with van der Waals surface area (Å²) in [6.07, 6.45) is 2.53. The van der Waals surface area contributed by atoms with E-state index in [2.05, 4.69) is 63.6 Å². The lowest BCUT2D eigenvalue weighted by molar-refractivity contribution is 0.156. The van der Waals surface area contributed by atoms with E-state index >= 15 is 0 Å². The molecule has 1 aromatic carbocycles. The van der Waals surface area contributed by atoms with Crippen molar-refractivity contribution in [2.24, 2.45) is 0 Å². The van der Waals surface area contributed by atoms with Crippen molar-refractivity contribution in [1.82, 2.24) is 20.1 Å². The molecule has 3 heterocycles. The Bertz CT molecular complexity index is 856. The molecule has 0 unspecified atom stereocenters. The summed E-state index contributed by atoms with van der Waals surface area (Å²) in [6, 6.07) is 8.53. The molecule has 2 saturated heterocycles. The Morgan fingerprint density at radius 2 is 1.83 bits per heavy atom. The normalized spacial score (nSPS) is 18.3. The first-order valence-electron chi connectivity index (χ1n) is 10.7. The van der Waals surface area contributed by atoms with E-state index in [1.54, 1.807) is 0 Å². The van der Waals surface area contributed by atoms with Gasteiger partial charge in [0.1, 0.15) is 5.82 Å². The molecule has 6 nitrogen and oxygen atoms in total. The Kier molecular flexibility index (Phi) is 6.47. The fourth-order valence-corrected chi connectivity index (χ4v) is 4.36. The van der Waals surface area contributed by atoms with E-state index < -0.39 is 0 Å². The first-order chi connectivity index (χ1) is 14.1. The average molecular weight is 413 g/mol. The number of rotatable bonds is 5. The summed E-state index contributed by atoms with van der Waals surface area (Å²) in [4.78, 5) is 12.1. The molecule has 2 aliphatic heterocycles. The SMILES string of the molecule is Cc1cc(N2CCCC2)nc2ccc(NC(=S)NCCN3CCN(C)CC3)cc12. The topological polar surface area (TPSA) is 46.7 Å². The van der Waals surface area contributed by atoms with Crippen LogP contribution in [0.15, 0.2) is 24.3 Å². The molecule has 0 aliphatic carbocycles. The van der Waals surface area contributed by atoms with Crippen LogP contribution in [-0.4, -0.2) is 79.3 Å². The largest absolute Gasteiger partial charge is 0.361 e. The number of likely N-dealkylation sites (N-methyl/N-ethyl adjacent to an activating group) is 1. The van der Waals surface area contributed by atoms with Crippen molar-refractivity contribution in [3.05, 3.63) is 29.8 Å². The van der Waals surface area contributed by atoms with Crippen molar-refractivity contribution in [2.45, 2.75) is 19.8 Å². The molecule has 29 heavy (non-hydrogen) atoms. The van der Waals surface area contributed by atoms with Crippen LogP contribution in [0.1, 0.15) is 18.4 Å². The van der Waals surface area contributed by atoms with E-state index in [1.165, 1.54) is 23.8 Å². The number of hydrogen-bond donors (Lipinski definition) is 2. The predicted molar refractivity (Wildman–Crippen MR) is 126 cm³/mol. The molecule has 1 aromatic heterocycles. The molecule has 0 atom stereocenters. The zero-order valence-electron chi connectivity index (χ0n) is 17.6. The Morgan fingerprint density at radius 3 is 2.59 bits per heavy atom. The van der Waals surface area contributed by atoms with Crippen LogP contribution in [0.5, 0.6) is 0 Å². The molecular weight excluding hydrogens is 380 g/mol. The number of hydrogen-bond acceptors (Lipinski definition) is 5. The number of aromatic nitrogens is 1. The van der Waals surface area contributed by atoms with Crippen LogP contribution in [-0.2, 0) is 0 Å². The van der Waals surface area contributed by atoms with Gasteiger partial charge in [-0.1, -0.05) is 0 Å². The number of thiocarbonyl (C=S) groups is 1. The van der Waals surface area contributed by atoms with Gasteiger partial charge in [0.25, 0.3) is 0 Å². The maximum absolute atomic E-state index is 5.50. The van der Waals surface area contributed by atoms with E-state index in [0.29, 0.717) is 5.11 Å². The highest BCUT2D eigenvalue weighted by atomic mass is 32.1. The van der Waals surface area contributed by atoms with Crippen LogP contribution in [0.4, 0.5) is 11.5 Å². The molecule has 4 rings (SSSR count). The predicted octanol–water partition coefficient (Wildman–Crippen LogP) is 2.68. The molecule has 0 bridgehead atoms. The Morgan fingerprint density at radius 1 is 1.07 bits per heavy atom. The lowest BCUT2D eigenvalue weighted by atomic mass is 10.1. The van der Waals surface area contributed by atoms with E-state index in [9.17, 15) is 0 Å². The van der Waals surface area contributed by atoms with Gasteiger partial charge in [-0.25, -0.2) is 4.98 Å². The minimum absolute atomic E-state index is 0.678. The molecule has 2 aromatic rings. The van der Waals surface area contributed by atoms with Crippen molar-refractivity contribution in [3.8, 4) is 0 Å². The van der Waals surface area contributed by atoms with Crippen molar-refractivity contribution in [1.29, 1.82) is 0 Å². The zero-order valence-corrected chi connectivity index (χ0v) is 18.4. The van der Waals surface area contributed by atoms with E-state index in [-0.39, 0.29) is 0 Å². The zero-order chi connectivity index (χ0) is 20.2. The third-order valence-corrected chi connectivity index (χ3v) is 6.25. The molecule has 0 saturated carbocycles. The minimum atomic E-state index is 0.678. The molecule has 0 amide bonds. The fourth-order valence-electron chi connectivity index (χ4n) is 4.14. The fraction of sp³-hybridized carbons (Fsp3) is 0.545. The Hall–Kier alpha value is -1.96. The van der Waals surface area contributed by atoms with Gasteiger partial charge < -0.3 is 20.4 Å². The summed E-state index contributed by atoms with van der Waals surface area (Å²) in [7, 11) is 2.18. The molecule has 2 fully saturated rings. The van der Waals surface area contributed by atoms with E-state index in [1.807, 2.05) is 0 Å². The lowest BCUT2D eigenvalue weighted by Gasteiger charge is -2.32. The van der Waals surface area contributed by atoms with Gasteiger partial charge in [0.2, 0.25) is 0 Å². The van der Waals surface area contributed by atoms with Crippen molar-refractivity contribution < 1.29 is 0 Å². The number of piperazine rings is 1. The van der Waals surface area contributed by atoms with E-state index in [0.717, 1.165) is 69.4 Å². The van der Waals surface area contributed by atoms with Crippen LogP contribution in [0.25, 0.3) is 10.9 Å². The maximum Gasteiger partial charge on any atom is 0.170 e. The number of aryl methyl sites for hydroxylation is 1. The van der Waals surface area contributed by atoms with Gasteiger partial charge in [-0.05, 0) is 68.9 Å². The first kappa shape index (κ1) is 20.3. The highest BCUT2D eigenvalue weighted by molar-refractivity contribution is 7.80. The van der Waals surface area contributed by atoms with Crippen LogP contribution < -0.4 is 15.5 Å². The van der Waals surface area contributed by atoms with Gasteiger partial charge in [0.05, 0.1) is 5.52 Å². The highest BCUT2D eigenvalue weighted by Crippen LogP contribution is 2.27. The number of anilines is 2. The second kappa shape index (κ2) is 9.24. The van der Waals surface area contributed by atoms with Gasteiger partial charge in [-0.15, -0.1) is 0 Å². The summed E-state index contributed by atoms with van der Waals surface area (Å²) in [5.74, 6) is 1.11. The molecule has 0 spiro atoms. The van der Waals surface area contributed by atoms with Gasteiger partial charge in [0.15, 0.2) is 5.11 Å². The highest BCUT2D eigenvalue weighted by Gasteiger charge is 2.15. The van der Waals surface area contributed by atoms with E-state index in [4.69, 9.17) is 17.2 Å². The van der Waals surface area contributed by atoms with Gasteiger partial charge >= 0.3 is 0 Å². The Labute approximate surface area is 179 Å². The Balaban J connectivity index is 1.33. The first-order valence-corrected chi connectivity index (χ1v) is 11.1. The molecular formula is C22H32N6S. The van der Waals surface area contributed by atoms with Gasteiger partial charge in [0, 0.05) is 63.4 Å². The molecule has 2 N–H and O–H groups in total. The summed E-state index contributed by atoms with van der Waals surface area (Å²) >= 11 is 5.50. The number of benzene rings is 1. The third kappa shape index (κ3) is 5.15. The number of fused-ring (bicyclic) bond motifs is 1. The smallest absolute Gasteiger partial charge is 0.170 e. The lowest BCUT2D eigenvalue weighted by Crippen LogP contribution is -2.47. The van der Waals surface area contributed by atoms with Crippen molar-refractivity contribution in [3.63, 3.8) is 0 Å². The van der Waals surface area contributed by atoms with Crippen LogP contribution >= 0.6 is 12.2 Å². The maximum atomic E-state index is 5.50. The number of nitrogens with zero attached hydrogens (tertiary/aromatic N) is 4. The minimum Gasteiger partial charge on any atom is -0.361 e. The van der Waals surface area contributed by atoms with Gasteiger partial charge in [-0.3, -0.25) is 4.90 Å². The summed E-state index contributed by atoms with van der Waals surface area (Å²) in [5.41, 5.74) is 3.31. The van der Waals surface area contributed by atoms with Crippen LogP contribution in [0.2, 0.25) is 0 Å². The number of nitrogens with one attached hydrogen (secondary N) is 2. The second-order valence-corrected chi connectivity index (χ2v) is 8.66. The summed E-state index contributed by atoms with van der Waals surface area (Å²) in [6.45, 7) is 10.8. The van der Waals surface area contributed by atoms with Crippen LogP contribution in [0, 0.1) is 6.92 Å². The summed E-state index contributed by atoms with van der Waals surface area (Å²) in [5, 5.41) is 8.53. The third-order valence-electron chi connectivity index (χ3n) is 6.00. The molecule has 2 aliphatic rings. The summed E-state index contributed by atoms with van der Waals surface area (Å²) < 4.78 is 0.